The van der Waals surface area contributed by atoms with Gasteiger partial charge in [0.05, 0.1) is 18.1 Å². The third-order valence-corrected chi connectivity index (χ3v) is 3.59. The molecule has 1 aromatic carbocycles. The number of non-ortho nitro benzene ring substituents is 1. The number of amides is 3. The number of nitro groups is 1. The van der Waals surface area contributed by atoms with Gasteiger partial charge in [0.2, 0.25) is 0 Å². The molecule has 1 fully saturated rings. The van der Waals surface area contributed by atoms with E-state index in [9.17, 15) is 19.7 Å². The molecule has 0 aliphatic carbocycles. The average Bonchev–Trinajstić information content (AvgIpc) is 2.71. The van der Waals surface area contributed by atoms with Crippen LogP contribution in [0.1, 0.15) is 19.4 Å². The van der Waals surface area contributed by atoms with Crippen molar-refractivity contribution >= 4 is 17.6 Å². The fraction of sp³-hybridized carbons (Fsp3) is 0.429. The first-order chi connectivity index (χ1) is 10.4. The summed E-state index contributed by atoms with van der Waals surface area (Å²) in [6.07, 6.45) is 0. The van der Waals surface area contributed by atoms with Gasteiger partial charge in [-0.05, 0) is 31.5 Å². The highest BCUT2D eigenvalue weighted by Crippen LogP contribution is 2.29. The van der Waals surface area contributed by atoms with Crippen LogP contribution in [0.5, 0.6) is 0 Å². The Balaban J connectivity index is 2.21. The molecule has 1 aromatic rings. The first-order valence-electron chi connectivity index (χ1n) is 6.87. The van der Waals surface area contributed by atoms with E-state index in [1.165, 1.54) is 24.3 Å². The second-order valence-corrected chi connectivity index (χ2v) is 5.01. The van der Waals surface area contributed by atoms with Gasteiger partial charge in [0.25, 0.3) is 11.6 Å². The lowest BCUT2D eigenvalue weighted by Crippen LogP contribution is -2.41. The van der Waals surface area contributed by atoms with E-state index >= 15 is 0 Å². The summed E-state index contributed by atoms with van der Waals surface area (Å²) in [7, 11) is 0. The van der Waals surface area contributed by atoms with Crippen LogP contribution in [-0.2, 0) is 15.1 Å². The summed E-state index contributed by atoms with van der Waals surface area (Å²) in [6.45, 7) is 4.35. The molecule has 1 aliphatic heterocycles. The van der Waals surface area contributed by atoms with Crippen molar-refractivity contribution in [1.29, 1.82) is 0 Å². The van der Waals surface area contributed by atoms with Gasteiger partial charge in [-0.2, -0.15) is 0 Å². The Hall–Kier alpha value is -2.48. The first kappa shape index (κ1) is 15.9. The van der Waals surface area contributed by atoms with Crippen LogP contribution >= 0.6 is 0 Å². The van der Waals surface area contributed by atoms with Crippen LogP contribution in [0.3, 0.4) is 0 Å². The van der Waals surface area contributed by atoms with Crippen LogP contribution < -0.4 is 5.32 Å². The molecule has 1 atom stereocenters. The van der Waals surface area contributed by atoms with E-state index in [2.05, 4.69) is 5.32 Å². The Kier molecular flexibility index (Phi) is 4.41. The third kappa shape index (κ3) is 2.77. The Morgan fingerprint density at radius 1 is 1.32 bits per heavy atom. The number of hydrogen-bond donors (Lipinski definition) is 1. The molecule has 118 valence electrons. The lowest BCUT2D eigenvalue weighted by Gasteiger charge is -2.22. The highest BCUT2D eigenvalue weighted by molar-refractivity contribution is 6.07. The maximum Gasteiger partial charge on any atom is 0.325 e. The number of nitro benzene ring substituents is 1. The van der Waals surface area contributed by atoms with Gasteiger partial charge < -0.3 is 10.1 Å². The van der Waals surface area contributed by atoms with Crippen molar-refractivity contribution in [2.24, 2.45) is 0 Å². The summed E-state index contributed by atoms with van der Waals surface area (Å²) in [4.78, 5) is 35.7. The summed E-state index contributed by atoms with van der Waals surface area (Å²) in [6, 6.07) is 5.07. The zero-order valence-electron chi connectivity index (χ0n) is 12.4. The largest absolute Gasteiger partial charge is 0.380 e. The molecule has 8 nitrogen and oxygen atoms in total. The van der Waals surface area contributed by atoms with Crippen molar-refractivity contribution in [2.45, 2.75) is 19.4 Å². The molecule has 2 rings (SSSR count). The van der Waals surface area contributed by atoms with E-state index < -0.39 is 22.4 Å². The van der Waals surface area contributed by atoms with Crippen molar-refractivity contribution in [1.82, 2.24) is 10.2 Å². The van der Waals surface area contributed by atoms with E-state index in [1.807, 2.05) is 6.92 Å². The van der Waals surface area contributed by atoms with Crippen LogP contribution in [0.2, 0.25) is 0 Å². The summed E-state index contributed by atoms with van der Waals surface area (Å²) in [5, 5.41) is 13.3. The molecule has 1 N–H and O–H groups in total. The quantitative estimate of drug-likeness (QED) is 0.370. The summed E-state index contributed by atoms with van der Waals surface area (Å²) in [5.41, 5.74) is -0.800. The third-order valence-electron chi connectivity index (χ3n) is 3.59. The van der Waals surface area contributed by atoms with Gasteiger partial charge >= 0.3 is 6.03 Å². The van der Waals surface area contributed by atoms with Crippen molar-refractivity contribution < 1.29 is 19.2 Å². The average molecular weight is 307 g/mol. The summed E-state index contributed by atoms with van der Waals surface area (Å²) >= 11 is 0. The lowest BCUT2D eigenvalue weighted by molar-refractivity contribution is -0.384. The Bertz CT molecular complexity index is 601. The van der Waals surface area contributed by atoms with Crippen LogP contribution in [0.15, 0.2) is 24.3 Å². The number of carbonyl (C=O) groups excluding carboxylic acids is 2. The minimum atomic E-state index is -1.22. The highest BCUT2D eigenvalue weighted by Gasteiger charge is 2.48. The number of imide groups is 1. The standard InChI is InChI=1S/C14H17N3O5/c1-3-22-9-8-16-12(18)14(2,15-13(16)19)10-4-6-11(7-5-10)17(20)21/h4-7H,3,8-9H2,1-2H3,(H,15,19). The van der Waals surface area contributed by atoms with Gasteiger partial charge in [-0.25, -0.2) is 4.79 Å². The van der Waals surface area contributed by atoms with Crippen molar-refractivity contribution in [2.75, 3.05) is 19.8 Å². The molecule has 1 heterocycles. The van der Waals surface area contributed by atoms with Gasteiger partial charge in [-0.3, -0.25) is 19.8 Å². The van der Waals surface area contributed by atoms with Crippen molar-refractivity contribution in [3.63, 3.8) is 0 Å². The summed E-state index contributed by atoms with van der Waals surface area (Å²) in [5.74, 6) is -0.397. The van der Waals surface area contributed by atoms with Crippen LogP contribution in [-0.4, -0.2) is 41.5 Å². The van der Waals surface area contributed by atoms with E-state index in [0.29, 0.717) is 12.2 Å². The molecule has 0 bridgehead atoms. The molecule has 1 unspecified atom stereocenters. The zero-order chi connectivity index (χ0) is 16.3. The summed E-state index contributed by atoms with van der Waals surface area (Å²) < 4.78 is 5.16. The zero-order valence-corrected chi connectivity index (χ0v) is 12.4. The van der Waals surface area contributed by atoms with Gasteiger partial charge in [0.1, 0.15) is 5.54 Å². The minimum absolute atomic E-state index is 0.0719. The molecule has 0 spiro atoms. The maximum atomic E-state index is 12.5. The number of rotatable bonds is 6. The number of carbonyl (C=O) groups is 2. The molecule has 1 aliphatic rings. The van der Waals surface area contributed by atoms with E-state index in [4.69, 9.17) is 4.74 Å². The number of hydrogen-bond acceptors (Lipinski definition) is 5. The number of ether oxygens (including phenoxy) is 1. The monoisotopic (exact) mass is 307 g/mol. The maximum absolute atomic E-state index is 12.5. The molecule has 0 radical (unpaired) electrons. The Morgan fingerprint density at radius 2 is 1.95 bits per heavy atom. The van der Waals surface area contributed by atoms with Gasteiger partial charge in [0.15, 0.2) is 0 Å². The molecule has 22 heavy (non-hydrogen) atoms. The van der Waals surface area contributed by atoms with Crippen LogP contribution in [0.25, 0.3) is 0 Å². The predicted molar refractivity (Wildman–Crippen MR) is 77.2 cm³/mol. The lowest BCUT2D eigenvalue weighted by atomic mass is 9.92. The molecule has 3 amide bonds. The Morgan fingerprint density at radius 3 is 2.50 bits per heavy atom. The van der Waals surface area contributed by atoms with Gasteiger partial charge in [0, 0.05) is 18.7 Å². The molecule has 0 saturated carbocycles. The van der Waals surface area contributed by atoms with Gasteiger partial charge in [-0.15, -0.1) is 0 Å². The Labute approximate surface area is 127 Å². The smallest absolute Gasteiger partial charge is 0.325 e. The van der Waals surface area contributed by atoms with Crippen molar-refractivity contribution in [3.8, 4) is 0 Å². The van der Waals surface area contributed by atoms with E-state index in [-0.39, 0.29) is 18.8 Å². The molecule has 8 heteroatoms. The minimum Gasteiger partial charge on any atom is -0.380 e. The fourth-order valence-electron chi connectivity index (χ4n) is 2.31. The van der Waals surface area contributed by atoms with Crippen LogP contribution in [0, 0.1) is 10.1 Å². The topological polar surface area (TPSA) is 102 Å². The second kappa shape index (κ2) is 6.10. The second-order valence-electron chi connectivity index (χ2n) is 5.01. The van der Waals surface area contributed by atoms with Crippen molar-refractivity contribution in [3.05, 3.63) is 39.9 Å². The normalized spacial score (nSPS) is 21.1. The number of nitrogens with zero attached hydrogens (tertiary/aromatic N) is 2. The SMILES string of the molecule is CCOCCN1C(=O)NC(C)(c2ccc([N+](=O)[O-])cc2)C1=O. The highest BCUT2D eigenvalue weighted by atomic mass is 16.6. The number of nitrogens with one attached hydrogen (secondary N) is 1. The number of urea groups is 1. The first-order valence-corrected chi connectivity index (χ1v) is 6.87. The molecular formula is C14H17N3O5. The van der Waals surface area contributed by atoms with Crippen LogP contribution in [0.4, 0.5) is 10.5 Å². The van der Waals surface area contributed by atoms with E-state index in [1.54, 1.807) is 6.92 Å². The molecule has 0 aromatic heterocycles. The fourth-order valence-corrected chi connectivity index (χ4v) is 2.31. The van der Waals surface area contributed by atoms with E-state index in [0.717, 1.165) is 4.90 Å². The van der Waals surface area contributed by atoms with Gasteiger partial charge in [-0.1, -0.05) is 0 Å². The molecular weight excluding hydrogens is 290 g/mol. The predicted octanol–water partition coefficient (Wildman–Crippen LogP) is 1.40. The number of benzene rings is 1. The molecule has 1 saturated heterocycles.